The highest BCUT2D eigenvalue weighted by Gasteiger charge is 2.53. The van der Waals surface area contributed by atoms with E-state index in [9.17, 15) is 13.2 Å². The molecule has 2 aliphatic rings. The third-order valence-electron chi connectivity index (χ3n) is 5.38. The number of carbonyl (C=O) groups excluding carboxylic acids is 1. The lowest BCUT2D eigenvalue weighted by atomic mass is 10.1. The molecule has 0 radical (unpaired) electrons. The van der Waals surface area contributed by atoms with Gasteiger partial charge in [-0.15, -0.1) is 0 Å². The Hall–Kier alpha value is -1.36. The van der Waals surface area contributed by atoms with Crippen molar-refractivity contribution >= 4 is 15.7 Å². The maximum absolute atomic E-state index is 13.3. The van der Waals surface area contributed by atoms with Gasteiger partial charge in [0.05, 0.1) is 4.90 Å². The van der Waals surface area contributed by atoms with Crippen LogP contribution in [0.1, 0.15) is 49.7 Å². The van der Waals surface area contributed by atoms with Gasteiger partial charge in [-0.3, -0.25) is 4.79 Å². The summed E-state index contributed by atoms with van der Waals surface area (Å²) < 4.78 is 25.2. The Balaban J connectivity index is 1.94. The normalized spacial score (nSPS) is 20.4. The molecule has 0 aliphatic heterocycles. The largest absolute Gasteiger partial charge is 0.354 e. The van der Waals surface area contributed by atoms with E-state index in [-0.39, 0.29) is 10.8 Å². The van der Waals surface area contributed by atoms with Crippen molar-refractivity contribution < 1.29 is 13.2 Å². The predicted molar refractivity (Wildman–Crippen MR) is 90.0 cm³/mol. The Morgan fingerprint density at radius 1 is 1.17 bits per heavy atom. The third kappa shape index (κ3) is 2.91. The zero-order valence-electron chi connectivity index (χ0n) is 13.9. The molecule has 4 nitrogen and oxygen atoms in total. The summed E-state index contributed by atoms with van der Waals surface area (Å²) in [6.45, 7) is 4.48. The van der Waals surface area contributed by atoms with Gasteiger partial charge in [0.2, 0.25) is 5.91 Å². The molecular formula is C18H25NO3S. The number of amides is 1. The van der Waals surface area contributed by atoms with Crippen LogP contribution in [-0.4, -0.2) is 25.6 Å². The molecule has 0 saturated heterocycles. The van der Waals surface area contributed by atoms with Gasteiger partial charge in [-0.05, 0) is 68.7 Å². The van der Waals surface area contributed by atoms with E-state index in [1.165, 1.54) is 0 Å². The first kappa shape index (κ1) is 16.5. The van der Waals surface area contributed by atoms with Crippen molar-refractivity contribution in [1.82, 2.24) is 5.32 Å². The summed E-state index contributed by atoms with van der Waals surface area (Å²) in [5.74, 6) is 0.252. The molecule has 0 unspecified atom stereocenters. The Labute approximate surface area is 138 Å². The van der Waals surface area contributed by atoms with Crippen molar-refractivity contribution in [2.75, 3.05) is 6.54 Å². The highest BCUT2D eigenvalue weighted by molar-refractivity contribution is 7.93. The standard InChI is InChI=1S/C18H25NO3S/c1-13-5-8-16(11-14(13)2)23(21,22)18(9-3-4-10-18)17(20)19-12-15-6-7-15/h5,8,11,15H,3-4,6-7,9-10,12H2,1-2H3,(H,19,20). The number of rotatable bonds is 5. The van der Waals surface area contributed by atoms with E-state index in [4.69, 9.17) is 0 Å². The first-order chi connectivity index (χ1) is 10.9. The minimum atomic E-state index is -3.68. The van der Waals surface area contributed by atoms with Gasteiger partial charge in [0.1, 0.15) is 0 Å². The fraction of sp³-hybridized carbons (Fsp3) is 0.611. The fourth-order valence-electron chi connectivity index (χ4n) is 3.39. The molecule has 5 heteroatoms. The minimum Gasteiger partial charge on any atom is -0.354 e. The monoisotopic (exact) mass is 335 g/mol. The zero-order chi connectivity index (χ0) is 16.7. The SMILES string of the molecule is Cc1ccc(S(=O)(=O)C2(C(=O)NCC3CC3)CCCC2)cc1C. The molecule has 2 saturated carbocycles. The number of hydrogen-bond acceptors (Lipinski definition) is 3. The van der Waals surface area contributed by atoms with Crippen LogP contribution in [0.3, 0.4) is 0 Å². The number of benzene rings is 1. The third-order valence-corrected chi connectivity index (χ3v) is 7.87. The van der Waals surface area contributed by atoms with Crippen LogP contribution in [0, 0.1) is 19.8 Å². The second-order valence-electron chi connectivity index (χ2n) is 7.10. The highest BCUT2D eigenvalue weighted by Crippen LogP contribution is 2.41. The van der Waals surface area contributed by atoms with E-state index in [0.717, 1.165) is 36.8 Å². The maximum Gasteiger partial charge on any atom is 0.241 e. The van der Waals surface area contributed by atoms with Crippen LogP contribution in [0.2, 0.25) is 0 Å². The number of sulfone groups is 1. The van der Waals surface area contributed by atoms with Gasteiger partial charge in [-0.25, -0.2) is 8.42 Å². The number of nitrogens with one attached hydrogen (secondary N) is 1. The minimum absolute atomic E-state index is 0.282. The van der Waals surface area contributed by atoms with Crippen LogP contribution in [0.5, 0.6) is 0 Å². The molecule has 1 aromatic carbocycles. The molecular weight excluding hydrogens is 310 g/mol. The molecule has 0 spiro atoms. The predicted octanol–water partition coefficient (Wildman–Crippen LogP) is 2.92. The molecule has 1 N–H and O–H groups in total. The molecule has 0 heterocycles. The first-order valence-corrected chi connectivity index (χ1v) is 9.95. The van der Waals surface area contributed by atoms with Gasteiger partial charge < -0.3 is 5.32 Å². The van der Waals surface area contributed by atoms with Crippen LogP contribution in [0.4, 0.5) is 0 Å². The van der Waals surface area contributed by atoms with Crippen LogP contribution in [-0.2, 0) is 14.6 Å². The number of aryl methyl sites for hydroxylation is 2. The summed E-state index contributed by atoms with van der Waals surface area (Å²) in [6, 6.07) is 5.18. The van der Waals surface area contributed by atoms with Gasteiger partial charge in [0, 0.05) is 6.54 Å². The summed E-state index contributed by atoms with van der Waals surface area (Å²) in [6.07, 6.45) is 4.72. The molecule has 3 rings (SSSR count). The van der Waals surface area contributed by atoms with E-state index in [1.54, 1.807) is 12.1 Å². The molecule has 23 heavy (non-hydrogen) atoms. The average Bonchev–Trinajstić information content (AvgIpc) is 3.20. The summed E-state index contributed by atoms with van der Waals surface area (Å²) in [5, 5.41) is 2.91. The Morgan fingerprint density at radius 2 is 1.83 bits per heavy atom. The average molecular weight is 335 g/mol. The van der Waals surface area contributed by atoms with Gasteiger partial charge in [-0.2, -0.15) is 0 Å². The van der Waals surface area contributed by atoms with Crippen molar-refractivity contribution in [2.24, 2.45) is 5.92 Å². The van der Waals surface area contributed by atoms with Crippen LogP contribution >= 0.6 is 0 Å². The second-order valence-corrected chi connectivity index (χ2v) is 9.36. The Morgan fingerprint density at radius 3 is 2.39 bits per heavy atom. The molecule has 2 fully saturated rings. The van der Waals surface area contributed by atoms with Crippen molar-refractivity contribution in [3.8, 4) is 0 Å². The van der Waals surface area contributed by atoms with Crippen LogP contribution in [0.25, 0.3) is 0 Å². The highest BCUT2D eigenvalue weighted by atomic mass is 32.2. The molecule has 2 aliphatic carbocycles. The molecule has 0 aromatic heterocycles. The van der Waals surface area contributed by atoms with E-state index in [1.807, 2.05) is 19.9 Å². The second kappa shape index (κ2) is 5.93. The molecule has 1 aromatic rings. The first-order valence-electron chi connectivity index (χ1n) is 8.47. The van der Waals surface area contributed by atoms with E-state index in [0.29, 0.717) is 25.3 Å². The quantitative estimate of drug-likeness (QED) is 0.900. The van der Waals surface area contributed by atoms with Crippen LogP contribution < -0.4 is 5.32 Å². The summed E-state index contributed by atoms with van der Waals surface area (Å²) in [7, 11) is -3.68. The van der Waals surface area contributed by atoms with Crippen molar-refractivity contribution in [2.45, 2.75) is 62.0 Å². The Kier molecular flexibility index (Phi) is 4.25. The van der Waals surface area contributed by atoms with Crippen LogP contribution in [0.15, 0.2) is 23.1 Å². The van der Waals surface area contributed by atoms with Crippen molar-refractivity contribution in [3.63, 3.8) is 0 Å². The van der Waals surface area contributed by atoms with E-state index < -0.39 is 14.6 Å². The maximum atomic E-state index is 13.3. The lowest BCUT2D eigenvalue weighted by Gasteiger charge is -2.28. The summed E-state index contributed by atoms with van der Waals surface area (Å²) in [5.41, 5.74) is 2.00. The van der Waals surface area contributed by atoms with Crippen molar-refractivity contribution in [3.05, 3.63) is 29.3 Å². The van der Waals surface area contributed by atoms with E-state index >= 15 is 0 Å². The fourth-order valence-corrected chi connectivity index (χ4v) is 5.56. The van der Waals surface area contributed by atoms with E-state index in [2.05, 4.69) is 5.32 Å². The van der Waals surface area contributed by atoms with Gasteiger partial charge in [0.25, 0.3) is 0 Å². The Bertz CT molecular complexity index is 714. The number of carbonyl (C=O) groups is 1. The summed E-state index contributed by atoms with van der Waals surface area (Å²) >= 11 is 0. The van der Waals surface area contributed by atoms with Crippen molar-refractivity contribution in [1.29, 1.82) is 0 Å². The zero-order valence-corrected chi connectivity index (χ0v) is 14.7. The van der Waals surface area contributed by atoms with Gasteiger partial charge in [-0.1, -0.05) is 18.9 Å². The molecule has 0 atom stereocenters. The molecule has 0 bridgehead atoms. The van der Waals surface area contributed by atoms with Gasteiger partial charge >= 0.3 is 0 Å². The number of hydrogen-bond donors (Lipinski definition) is 1. The summed E-state index contributed by atoms with van der Waals surface area (Å²) in [4.78, 5) is 13.1. The lowest BCUT2D eigenvalue weighted by molar-refractivity contribution is -0.123. The molecule has 1 amide bonds. The smallest absolute Gasteiger partial charge is 0.241 e. The lowest BCUT2D eigenvalue weighted by Crippen LogP contribution is -2.51. The topological polar surface area (TPSA) is 63.2 Å². The van der Waals surface area contributed by atoms with Gasteiger partial charge in [0.15, 0.2) is 14.6 Å². The molecule has 126 valence electrons.